The molecule has 0 spiro atoms. The predicted octanol–water partition coefficient (Wildman–Crippen LogP) is 1.48. The Morgan fingerprint density at radius 1 is 1.41 bits per heavy atom. The summed E-state index contributed by atoms with van der Waals surface area (Å²) in [6, 6.07) is 0.469. The second kappa shape index (κ2) is 7.06. The van der Waals surface area contributed by atoms with Gasteiger partial charge in [0.1, 0.15) is 0 Å². The molecule has 3 heterocycles. The average Bonchev–Trinajstić information content (AvgIpc) is 2.92. The molecule has 0 aliphatic carbocycles. The van der Waals surface area contributed by atoms with Crippen LogP contribution < -0.4 is 5.32 Å². The van der Waals surface area contributed by atoms with Crippen LogP contribution >= 0.6 is 11.3 Å². The van der Waals surface area contributed by atoms with Crippen molar-refractivity contribution >= 4 is 17.2 Å². The van der Waals surface area contributed by atoms with E-state index in [-0.39, 0.29) is 5.92 Å². The van der Waals surface area contributed by atoms with Crippen molar-refractivity contribution in [3.05, 3.63) is 16.1 Å². The van der Waals surface area contributed by atoms with Crippen LogP contribution in [0.3, 0.4) is 0 Å². The summed E-state index contributed by atoms with van der Waals surface area (Å²) in [6.45, 7) is 9.75. The summed E-state index contributed by atoms with van der Waals surface area (Å²) < 4.78 is 0. The molecule has 0 unspecified atom stereocenters. The van der Waals surface area contributed by atoms with Crippen LogP contribution in [0.15, 0.2) is 5.38 Å². The molecule has 1 amide bonds. The molecule has 1 aromatic heterocycles. The highest BCUT2D eigenvalue weighted by Crippen LogP contribution is 2.20. The number of aromatic nitrogens is 1. The lowest BCUT2D eigenvalue weighted by molar-refractivity contribution is -0.138. The summed E-state index contributed by atoms with van der Waals surface area (Å²) in [7, 11) is 0. The fraction of sp³-hybridized carbons (Fsp3) is 0.750. The number of piperazine rings is 1. The van der Waals surface area contributed by atoms with Crippen LogP contribution in [-0.2, 0) is 11.3 Å². The first-order valence-corrected chi connectivity index (χ1v) is 9.15. The van der Waals surface area contributed by atoms with Gasteiger partial charge in [0, 0.05) is 50.1 Å². The normalized spacial score (nSPS) is 27.1. The minimum absolute atomic E-state index is 0.226. The fourth-order valence-corrected chi connectivity index (χ4v) is 4.05. The molecule has 22 heavy (non-hydrogen) atoms. The lowest BCUT2D eigenvalue weighted by Gasteiger charge is -2.37. The van der Waals surface area contributed by atoms with E-state index in [0.29, 0.717) is 11.9 Å². The molecule has 2 fully saturated rings. The van der Waals surface area contributed by atoms with E-state index in [1.165, 1.54) is 0 Å². The Kier molecular flexibility index (Phi) is 5.10. The van der Waals surface area contributed by atoms with Gasteiger partial charge in [0.25, 0.3) is 0 Å². The van der Waals surface area contributed by atoms with Crippen molar-refractivity contribution in [3.63, 3.8) is 0 Å². The summed E-state index contributed by atoms with van der Waals surface area (Å²) in [5.41, 5.74) is 1.16. The molecule has 2 aliphatic heterocycles. The van der Waals surface area contributed by atoms with Gasteiger partial charge in [0.15, 0.2) is 0 Å². The molecule has 2 saturated heterocycles. The Hall–Kier alpha value is -0.980. The van der Waals surface area contributed by atoms with Gasteiger partial charge in [-0.3, -0.25) is 9.69 Å². The first kappa shape index (κ1) is 15.9. The number of thiazole rings is 1. The average molecular weight is 322 g/mol. The summed E-state index contributed by atoms with van der Waals surface area (Å²) in [4.78, 5) is 21.6. The number of nitrogens with zero attached hydrogens (tertiary/aromatic N) is 3. The Bertz CT molecular complexity index is 510. The van der Waals surface area contributed by atoms with Gasteiger partial charge in [-0.15, -0.1) is 11.3 Å². The van der Waals surface area contributed by atoms with Gasteiger partial charge in [-0.05, 0) is 33.2 Å². The van der Waals surface area contributed by atoms with E-state index in [0.717, 1.165) is 62.8 Å². The minimum atomic E-state index is 0.226. The van der Waals surface area contributed by atoms with Crippen molar-refractivity contribution in [1.29, 1.82) is 0 Å². The van der Waals surface area contributed by atoms with Crippen LogP contribution in [0, 0.1) is 12.8 Å². The highest BCUT2D eigenvalue weighted by Gasteiger charge is 2.30. The zero-order valence-electron chi connectivity index (χ0n) is 13.5. The second-order valence-electron chi connectivity index (χ2n) is 6.54. The third kappa shape index (κ3) is 3.86. The van der Waals surface area contributed by atoms with E-state index >= 15 is 0 Å². The third-order valence-corrected chi connectivity index (χ3v) is 5.53. The van der Waals surface area contributed by atoms with Crippen LogP contribution in [-0.4, -0.2) is 59.5 Å². The first-order valence-electron chi connectivity index (χ1n) is 8.27. The van der Waals surface area contributed by atoms with Gasteiger partial charge >= 0.3 is 0 Å². The molecular weight excluding hydrogens is 296 g/mol. The molecule has 122 valence electrons. The minimum Gasteiger partial charge on any atom is -0.340 e. The molecule has 6 heteroatoms. The molecule has 3 rings (SSSR count). The maximum absolute atomic E-state index is 12.6. The van der Waals surface area contributed by atoms with Gasteiger partial charge in [0.2, 0.25) is 5.91 Å². The van der Waals surface area contributed by atoms with Gasteiger partial charge in [-0.2, -0.15) is 0 Å². The van der Waals surface area contributed by atoms with E-state index in [2.05, 4.69) is 32.4 Å². The molecule has 1 aromatic rings. The van der Waals surface area contributed by atoms with Crippen LogP contribution in [0.5, 0.6) is 0 Å². The van der Waals surface area contributed by atoms with E-state index in [9.17, 15) is 4.79 Å². The van der Waals surface area contributed by atoms with Gasteiger partial charge in [0.05, 0.1) is 10.7 Å². The van der Waals surface area contributed by atoms with Crippen molar-refractivity contribution in [2.24, 2.45) is 5.92 Å². The molecule has 5 nitrogen and oxygen atoms in total. The molecule has 0 saturated carbocycles. The molecule has 0 aromatic carbocycles. The Morgan fingerprint density at radius 3 is 2.82 bits per heavy atom. The van der Waals surface area contributed by atoms with Crippen molar-refractivity contribution in [2.75, 3.05) is 32.7 Å². The molecule has 2 atom stereocenters. The number of aryl methyl sites for hydroxylation is 1. The number of nitrogens with one attached hydrogen (secondary N) is 1. The van der Waals surface area contributed by atoms with E-state index < -0.39 is 0 Å². The lowest BCUT2D eigenvalue weighted by Crippen LogP contribution is -2.51. The summed E-state index contributed by atoms with van der Waals surface area (Å²) in [5, 5.41) is 6.69. The number of amides is 1. The number of carbonyl (C=O) groups excluding carboxylic acids is 1. The SMILES string of the molecule is Cc1nc(CN2CCN(C(=O)[C@H]3CCN[C@@H](C)C3)CC2)cs1. The number of carbonyl (C=O) groups is 1. The largest absolute Gasteiger partial charge is 0.340 e. The van der Waals surface area contributed by atoms with Crippen LogP contribution in [0.2, 0.25) is 0 Å². The lowest BCUT2D eigenvalue weighted by atomic mass is 9.92. The van der Waals surface area contributed by atoms with E-state index in [1.807, 2.05) is 6.92 Å². The zero-order chi connectivity index (χ0) is 15.5. The maximum atomic E-state index is 12.6. The van der Waals surface area contributed by atoms with Crippen LogP contribution in [0.1, 0.15) is 30.5 Å². The molecular formula is C16H26N4OS. The zero-order valence-corrected chi connectivity index (χ0v) is 14.4. The number of rotatable bonds is 3. The van der Waals surface area contributed by atoms with Gasteiger partial charge in [-0.25, -0.2) is 4.98 Å². The number of hydrogen-bond donors (Lipinski definition) is 1. The Morgan fingerprint density at radius 2 is 2.18 bits per heavy atom. The van der Waals surface area contributed by atoms with Crippen molar-refractivity contribution < 1.29 is 4.79 Å². The predicted molar refractivity (Wildman–Crippen MR) is 88.9 cm³/mol. The van der Waals surface area contributed by atoms with E-state index in [4.69, 9.17) is 0 Å². The van der Waals surface area contributed by atoms with Gasteiger partial charge in [-0.1, -0.05) is 0 Å². The first-order chi connectivity index (χ1) is 10.6. The highest BCUT2D eigenvalue weighted by molar-refractivity contribution is 7.09. The highest BCUT2D eigenvalue weighted by atomic mass is 32.1. The smallest absolute Gasteiger partial charge is 0.225 e. The number of hydrogen-bond acceptors (Lipinski definition) is 5. The second-order valence-corrected chi connectivity index (χ2v) is 7.60. The van der Waals surface area contributed by atoms with E-state index in [1.54, 1.807) is 11.3 Å². The topological polar surface area (TPSA) is 48.5 Å². The molecule has 1 N–H and O–H groups in total. The number of piperidine rings is 1. The summed E-state index contributed by atoms with van der Waals surface area (Å²) >= 11 is 1.71. The van der Waals surface area contributed by atoms with Crippen molar-refractivity contribution in [2.45, 2.75) is 39.3 Å². The Balaban J connectivity index is 1.47. The van der Waals surface area contributed by atoms with Crippen LogP contribution in [0.25, 0.3) is 0 Å². The van der Waals surface area contributed by atoms with Crippen molar-refractivity contribution in [3.8, 4) is 0 Å². The quantitative estimate of drug-likeness (QED) is 0.916. The third-order valence-electron chi connectivity index (χ3n) is 4.71. The maximum Gasteiger partial charge on any atom is 0.225 e. The molecule has 0 radical (unpaired) electrons. The summed E-state index contributed by atoms with van der Waals surface area (Å²) in [6.07, 6.45) is 1.97. The summed E-state index contributed by atoms with van der Waals surface area (Å²) in [5.74, 6) is 0.599. The van der Waals surface area contributed by atoms with Gasteiger partial charge < -0.3 is 10.2 Å². The monoisotopic (exact) mass is 322 g/mol. The molecule has 2 aliphatic rings. The standard InChI is InChI=1S/C16H26N4OS/c1-12-9-14(3-4-17-12)16(21)20-7-5-19(6-8-20)10-15-11-22-13(2)18-15/h11-12,14,17H,3-10H2,1-2H3/t12-,14-/m0/s1. The molecule has 0 bridgehead atoms. The fourth-order valence-electron chi connectivity index (χ4n) is 3.45. The van der Waals surface area contributed by atoms with Crippen LogP contribution in [0.4, 0.5) is 0 Å². The Labute approximate surface area is 136 Å². The van der Waals surface area contributed by atoms with Crippen molar-refractivity contribution in [1.82, 2.24) is 20.1 Å².